The van der Waals surface area contributed by atoms with E-state index >= 15 is 0 Å². The van der Waals surface area contributed by atoms with Crippen LogP contribution in [0, 0.1) is 0 Å². The van der Waals surface area contributed by atoms with Crippen molar-refractivity contribution in [3.8, 4) is 0 Å². The molecule has 0 spiro atoms. The molecule has 1 aliphatic heterocycles. The Hall–Kier alpha value is -1.55. The van der Waals surface area contributed by atoms with Crippen LogP contribution in [0.15, 0.2) is 23.6 Å². The zero-order chi connectivity index (χ0) is 14.3. The Morgan fingerprint density at radius 3 is 2.85 bits per heavy atom. The molecule has 3 rings (SSSR count). The molecule has 0 radical (unpaired) electrons. The average molecular weight is 287 g/mol. The molecule has 3 nitrogen and oxygen atoms in total. The van der Waals surface area contributed by atoms with Crippen LogP contribution in [0.2, 0.25) is 0 Å². The van der Waals surface area contributed by atoms with Crippen LogP contribution in [-0.2, 0) is 18.4 Å². The van der Waals surface area contributed by atoms with E-state index in [1.54, 1.807) is 11.3 Å². The minimum atomic E-state index is 0.130. The molecule has 1 aromatic heterocycles. The van der Waals surface area contributed by atoms with E-state index in [-0.39, 0.29) is 5.41 Å². The third-order valence-corrected chi connectivity index (χ3v) is 4.98. The topological polar surface area (TPSA) is 42.2 Å². The van der Waals surface area contributed by atoms with Gasteiger partial charge in [-0.25, -0.2) is 4.98 Å². The number of para-hydroxylation sites is 1. The summed E-state index contributed by atoms with van der Waals surface area (Å²) in [6, 6.07) is 6.20. The number of hydrogen-bond acceptors (Lipinski definition) is 4. The van der Waals surface area contributed by atoms with Crippen molar-refractivity contribution in [3.05, 3.63) is 39.8 Å². The molecule has 0 amide bonds. The Morgan fingerprint density at radius 1 is 1.35 bits per heavy atom. The molecule has 4 heteroatoms. The van der Waals surface area contributed by atoms with Gasteiger partial charge in [0, 0.05) is 17.3 Å². The molecule has 0 saturated heterocycles. The maximum Gasteiger partial charge on any atom is 0.0982 e. The summed E-state index contributed by atoms with van der Waals surface area (Å²) in [6.07, 6.45) is 1.08. The zero-order valence-corrected chi connectivity index (χ0v) is 13.1. The molecular formula is C16H21N3S. The molecule has 0 saturated carbocycles. The first-order valence-corrected chi connectivity index (χ1v) is 7.90. The SMILES string of the molecule is CC(C)(C)c1nc(CN2CCc3cccc(N)c32)cs1. The lowest BCUT2D eigenvalue weighted by atomic mass is 9.98. The third kappa shape index (κ3) is 2.40. The minimum Gasteiger partial charge on any atom is -0.397 e. The number of rotatable bonds is 2. The van der Waals surface area contributed by atoms with Crippen LogP contribution in [0.1, 0.15) is 37.0 Å². The Kier molecular flexibility index (Phi) is 3.21. The van der Waals surface area contributed by atoms with E-state index in [9.17, 15) is 0 Å². The number of benzene rings is 1. The van der Waals surface area contributed by atoms with Crippen molar-refractivity contribution >= 4 is 22.7 Å². The zero-order valence-electron chi connectivity index (χ0n) is 12.3. The maximum atomic E-state index is 6.13. The molecule has 2 N–H and O–H groups in total. The lowest BCUT2D eigenvalue weighted by Gasteiger charge is -2.20. The van der Waals surface area contributed by atoms with E-state index < -0.39 is 0 Å². The summed E-state index contributed by atoms with van der Waals surface area (Å²) in [5.41, 5.74) is 10.9. The van der Waals surface area contributed by atoms with Gasteiger partial charge in [-0.05, 0) is 18.1 Å². The fourth-order valence-electron chi connectivity index (χ4n) is 2.64. The largest absolute Gasteiger partial charge is 0.397 e. The maximum absolute atomic E-state index is 6.13. The van der Waals surface area contributed by atoms with Crippen molar-refractivity contribution in [1.29, 1.82) is 0 Å². The summed E-state index contributed by atoms with van der Waals surface area (Å²) < 4.78 is 0. The fraction of sp³-hybridized carbons (Fsp3) is 0.438. The lowest BCUT2D eigenvalue weighted by Crippen LogP contribution is -2.21. The number of aromatic nitrogens is 1. The van der Waals surface area contributed by atoms with E-state index in [0.29, 0.717) is 0 Å². The predicted octanol–water partition coefficient (Wildman–Crippen LogP) is 3.59. The van der Waals surface area contributed by atoms with E-state index in [2.05, 4.69) is 37.1 Å². The number of thiazole rings is 1. The van der Waals surface area contributed by atoms with Gasteiger partial charge in [0.1, 0.15) is 0 Å². The summed E-state index contributed by atoms with van der Waals surface area (Å²) in [4.78, 5) is 7.14. The molecule has 106 valence electrons. The van der Waals surface area contributed by atoms with Crippen molar-refractivity contribution in [3.63, 3.8) is 0 Å². The predicted molar refractivity (Wildman–Crippen MR) is 86.4 cm³/mol. The molecule has 0 bridgehead atoms. The summed E-state index contributed by atoms with van der Waals surface area (Å²) >= 11 is 1.76. The summed E-state index contributed by atoms with van der Waals surface area (Å²) in [5, 5.41) is 3.38. The van der Waals surface area contributed by atoms with E-state index in [0.717, 1.165) is 30.9 Å². The second kappa shape index (κ2) is 4.77. The number of fused-ring (bicyclic) bond motifs is 1. The molecule has 0 aliphatic carbocycles. The van der Waals surface area contributed by atoms with Crippen molar-refractivity contribution in [2.24, 2.45) is 0 Å². The number of nitrogen functional groups attached to an aromatic ring is 1. The van der Waals surface area contributed by atoms with Gasteiger partial charge in [0.05, 0.1) is 28.6 Å². The molecule has 0 fully saturated rings. The van der Waals surface area contributed by atoms with Crippen LogP contribution in [0.5, 0.6) is 0 Å². The quantitative estimate of drug-likeness (QED) is 0.858. The van der Waals surface area contributed by atoms with Gasteiger partial charge in [0.2, 0.25) is 0 Å². The molecule has 1 aliphatic rings. The summed E-state index contributed by atoms with van der Waals surface area (Å²) in [6.45, 7) is 8.51. The average Bonchev–Trinajstić information content (AvgIpc) is 2.97. The highest BCUT2D eigenvalue weighted by Crippen LogP contribution is 2.35. The van der Waals surface area contributed by atoms with Crippen molar-refractivity contribution < 1.29 is 0 Å². The lowest BCUT2D eigenvalue weighted by molar-refractivity contribution is 0.582. The molecule has 20 heavy (non-hydrogen) atoms. The fourth-order valence-corrected chi connectivity index (χ4v) is 3.54. The summed E-state index contributed by atoms with van der Waals surface area (Å²) in [5.74, 6) is 0. The van der Waals surface area contributed by atoms with Gasteiger partial charge in [-0.3, -0.25) is 0 Å². The van der Waals surface area contributed by atoms with Crippen LogP contribution in [0.3, 0.4) is 0 Å². The number of hydrogen-bond donors (Lipinski definition) is 1. The first-order valence-electron chi connectivity index (χ1n) is 7.02. The van der Waals surface area contributed by atoms with Crippen molar-refractivity contribution in [2.75, 3.05) is 17.2 Å². The van der Waals surface area contributed by atoms with E-state index in [1.807, 2.05) is 12.1 Å². The van der Waals surface area contributed by atoms with Crippen LogP contribution >= 0.6 is 11.3 Å². The minimum absolute atomic E-state index is 0.130. The van der Waals surface area contributed by atoms with Gasteiger partial charge in [-0.1, -0.05) is 32.9 Å². The standard InChI is InChI=1S/C16H21N3S/c1-16(2,3)15-18-12(10-20-15)9-19-8-7-11-5-4-6-13(17)14(11)19/h4-6,10H,7-9,17H2,1-3H3. The second-order valence-corrected chi connectivity index (χ2v) is 7.28. The van der Waals surface area contributed by atoms with Crippen molar-refractivity contribution in [2.45, 2.75) is 39.2 Å². The van der Waals surface area contributed by atoms with Gasteiger partial charge < -0.3 is 10.6 Å². The summed E-state index contributed by atoms with van der Waals surface area (Å²) in [7, 11) is 0. The highest BCUT2D eigenvalue weighted by molar-refractivity contribution is 7.09. The molecular weight excluding hydrogens is 266 g/mol. The Morgan fingerprint density at radius 2 is 2.15 bits per heavy atom. The molecule has 2 heterocycles. The number of nitrogens with zero attached hydrogens (tertiary/aromatic N) is 2. The molecule has 1 aromatic carbocycles. The van der Waals surface area contributed by atoms with Crippen LogP contribution in [0.25, 0.3) is 0 Å². The van der Waals surface area contributed by atoms with E-state index in [1.165, 1.54) is 16.3 Å². The Labute approximate surface area is 124 Å². The highest BCUT2D eigenvalue weighted by Gasteiger charge is 2.23. The number of nitrogens with two attached hydrogens (primary N) is 1. The second-order valence-electron chi connectivity index (χ2n) is 6.42. The third-order valence-electron chi connectivity index (χ3n) is 3.66. The van der Waals surface area contributed by atoms with Gasteiger partial charge in [0.25, 0.3) is 0 Å². The molecule has 0 unspecified atom stereocenters. The van der Waals surface area contributed by atoms with Gasteiger partial charge in [-0.2, -0.15) is 0 Å². The van der Waals surface area contributed by atoms with E-state index in [4.69, 9.17) is 10.7 Å². The van der Waals surface area contributed by atoms with Crippen LogP contribution in [0.4, 0.5) is 11.4 Å². The highest BCUT2D eigenvalue weighted by atomic mass is 32.1. The monoisotopic (exact) mass is 287 g/mol. The van der Waals surface area contributed by atoms with Gasteiger partial charge in [0.15, 0.2) is 0 Å². The molecule has 2 aromatic rings. The normalized spacial score (nSPS) is 14.7. The van der Waals surface area contributed by atoms with Crippen LogP contribution in [-0.4, -0.2) is 11.5 Å². The first-order chi connectivity index (χ1) is 9.45. The van der Waals surface area contributed by atoms with Crippen LogP contribution < -0.4 is 10.6 Å². The molecule has 0 atom stereocenters. The van der Waals surface area contributed by atoms with Gasteiger partial charge in [-0.15, -0.1) is 11.3 Å². The van der Waals surface area contributed by atoms with Crippen molar-refractivity contribution in [1.82, 2.24) is 4.98 Å². The smallest absolute Gasteiger partial charge is 0.0982 e. The Bertz CT molecular complexity index is 625. The number of anilines is 2. The van der Waals surface area contributed by atoms with Gasteiger partial charge >= 0.3 is 0 Å². The Balaban J connectivity index is 1.83. The first kappa shape index (κ1) is 13.4.